The molecule has 0 unspecified atom stereocenters. The first-order valence-corrected chi connectivity index (χ1v) is 9.94. The van der Waals surface area contributed by atoms with Crippen molar-refractivity contribution in [3.63, 3.8) is 0 Å². The Morgan fingerprint density at radius 3 is 2.32 bits per heavy atom. The van der Waals surface area contributed by atoms with Crippen LogP contribution < -0.4 is 5.32 Å². The third-order valence-corrected chi connectivity index (χ3v) is 5.70. The summed E-state index contributed by atoms with van der Waals surface area (Å²) in [6.07, 6.45) is 1.13. The molecule has 4 aromatic rings. The molecule has 0 saturated carbocycles. The zero-order chi connectivity index (χ0) is 18.9. The fourth-order valence-electron chi connectivity index (χ4n) is 3.84. The maximum atomic E-state index is 5.68. The summed E-state index contributed by atoms with van der Waals surface area (Å²) in [7, 11) is 0. The predicted octanol–water partition coefficient (Wildman–Crippen LogP) is 4.97. The van der Waals surface area contributed by atoms with Crippen LogP contribution in [0.25, 0.3) is 22.1 Å². The van der Waals surface area contributed by atoms with Gasteiger partial charge in [0, 0.05) is 24.7 Å². The van der Waals surface area contributed by atoms with Gasteiger partial charge in [0.1, 0.15) is 0 Å². The molecule has 1 fully saturated rings. The van der Waals surface area contributed by atoms with Crippen molar-refractivity contribution in [1.29, 1.82) is 0 Å². The Labute approximate surface area is 169 Å². The lowest BCUT2D eigenvalue weighted by molar-refractivity contribution is 0.518. The number of fused-ring (bicyclic) bond motifs is 2. The monoisotopic (exact) mass is 384 g/mol. The standard InChI is InChI=1S/C23H20N4S/c28-23(27-13-12-17(15-27)16-6-2-1-3-7-16)24-18-10-11-21-22(14-18)26-20-9-5-4-8-19(20)25-21/h1-11,14,17H,12-13,15H2,(H,24,28)/t17-/m1/s1. The number of likely N-dealkylation sites (tertiary alicyclic amines) is 1. The topological polar surface area (TPSA) is 41.1 Å². The maximum Gasteiger partial charge on any atom is 0.173 e. The van der Waals surface area contributed by atoms with E-state index in [0.29, 0.717) is 5.92 Å². The van der Waals surface area contributed by atoms with Gasteiger partial charge in [-0.2, -0.15) is 0 Å². The Balaban J connectivity index is 1.33. The number of nitrogens with one attached hydrogen (secondary N) is 1. The molecular weight excluding hydrogens is 364 g/mol. The van der Waals surface area contributed by atoms with Crippen LogP contribution in [0.4, 0.5) is 5.69 Å². The number of nitrogens with zero attached hydrogens (tertiary/aromatic N) is 3. The maximum absolute atomic E-state index is 5.68. The van der Waals surface area contributed by atoms with Crippen molar-refractivity contribution in [3.05, 3.63) is 78.4 Å². The number of thiocarbonyl (C=S) groups is 1. The summed E-state index contributed by atoms with van der Waals surface area (Å²) in [5.74, 6) is 0.537. The number of rotatable bonds is 2. The summed E-state index contributed by atoms with van der Waals surface area (Å²) in [5.41, 5.74) is 5.91. The van der Waals surface area contributed by atoms with Gasteiger partial charge < -0.3 is 10.2 Å². The van der Waals surface area contributed by atoms with Crippen LogP contribution in [0.1, 0.15) is 17.9 Å². The van der Waals surface area contributed by atoms with Gasteiger partial charge in [0.25, 0.3) is 0 Å². The van der Waals surface area contributed by atoms with Crippen LogP contribution in [0.15, 0.2) is 72.8 Å². The molecule has 1 atom stereocenters. The molecule has 138 valence electrons. The molecule has 5 rings (SSSR count). The molecule has 1 aliphatic rings. The molecule has 0 spiro atoms. The van der Waals surface area contributed by atoms with Gasteiger partial charge in [0.2, 0.25) is 0 Å². The van der Waals surface area contributed by atoms with E-state index < -0.39 is 0 Å². The molecule has 1 aromatic heterocycles. The van der Waals surface area contributed by atoms with Gasteiger partial charge in [-0.05, 0) is 54.5 Å². The highest BCUT2D eigenvalue weighted by atomic mass is 32.1. The zero-order valence-electron chi connectivity index (χ0n) is 15.4. The van der Waals surface area contributed by atoms with Gasteiger partial charge in [0.05, 0.1) is 22.1 Å². The molecule has 2 heterocycles. The first-order chi connectivity index (χ1) is 13.8. The van der Waals surface area contributed by atoms with E-state index in [-0.39, 0.29) is 0 Å². The number of para-hydroxylation sites is 2. The lowest BCUT2D eigenvalue weighted by Crippen LogP contribution is -2.32. The number of hydrogen-bond acceptors (Lipinski definition) is 3. The summed E-state index contributed by atoms with van der Waals surface area (Å²) in [6, 6.07) is 24.7. The minimum atomic E-state index is 0.537. The third-order valence-electron chi connectivity index (χ3n) is 5.34. The van der Waals surface area contributed by atoms with E-state index in [0.717, 1.165) is 52.4 Å². The molecule has 0 amide bonds. The van der Waals surface area contributed by atoms with Crippen molar-refractivity contribution in [2.45, 2.75) is 12.3 Å². The number of aromatic nitrogens is 2. The number of hydrogen-bond donors (Lipinski definition) is 1. The SMILES string of the molecule is S=C(Nc1ccc2nc3ccccc3nc2c1)N1CC[C@@H](c2ccccc2)C1. The van der Waals surface area contributed by atoms with E-state index in [1.165, 1.54) is 5.56 Å². The minimum absolute atomic E-state index is 0.537. The van der Waals surface area contributed by atoms with E-state index in [4.69, 9.17) is 17.2 Å². The molecule has 0 radical (unpaired) electrons. The molecule has 1 saturated heterocycles. The van der Waals surface area contributed by atoms with Gasteiger partial charge in [0.15, 0.2) is 5.11 Å². The van der Waals surface area contributed by atoms with E-state index in [9.17, 15) is 0 Å². The van der Waals surface area contributed by atoms with Gasteiger partial charge >= 0.3 is 0 Å². The quantitative estimate of drug-likeness (QED) is 0.390. The summed E-state index contributed by atoms with van der Waals surface area (Å²) in [6.45, 7) is 1.93. The predicted molar refractivity (Wildman–Crippen MR) is 119 cm³/mol. The van der Waals surface area contributed by atoms with Crippen molar-refractivity contribution < 1.29 is 0 Å². The van der Waals surface area contributed by atoms with Crippen LogP contribution in [0, 0.1) is 0 Å². The average molecular weight is 385 g/mol. The molecule has 0 bridgehead atoms. The second-order valence-electron chi connectivity index (χ2n) is 7.19. The largest absolute Gasteiger partial charge is 0.348 e. The zero-order valence-corrected chi connectivity index (χ0v) is 16.2. The summed E-state index contributed by atoms with van der Waals surface area (Å²) in [5, 5.41) is 4.16. The number of anilines is 1. The highest BCUT2D eigenvalue weighted by molar-refractivity contribution is 7.80. The van der Waals surface area contributed by atoms with Crippen LogP contribution >= 0.6 is 12.2 Å². The smallest absolute Gasteiger partial charge is 0.173 e. The first kappa shape index (κ1) is 17.1. The first-order valence-electron chi connectivity index (χ1n) is 9.54. The second kappa shape index (κ2) is 7.17. The molecule has 1 N–H and O–H groups in total. The lowest BCUT2D eigenvalue weighted by Gasteiger charge is -2.21. The fourth-order valence-corrected chi connectivity index (χ4v) is 4.13. The molecule has 5 heteroatoms. The normalized spacial score (nSPS) is 16.6. The number of benzene rings is 3. The fraction of sp³-hybridized carbons (Fsp3) is 0.174. The van der Waals surface area contributed by atoms with Crippen molar-refractivity contribution in [2.24, 2.45) is 0 Å². The Kier molecular flexibility index (Phi) is 4.37. The third kappa shape index (κ3) is 3.29. The molecule has 3 aromatic carbocycles. The van der Waals surface area contributed by atoms with E-state index in [1.807, 2.05) is 42.5 Å². The highest BCUT2D eigenvalue weighted by Gasteiger charge is 2.25. The van der Waals surface area contributed by atoms with Gasteiger partial charge in [-0.1, -0.05) is 42.5 Å². The van der Waals surface area contributed by atoms with Crippen molar-refractivity contribution in [2.75, 3.05) is 18.4 Å². The van der Waals surface area contributed by atoms with Crippen LogP contribution in [0.2, 0.25) is 0 Å². The molecule has 28 heavy (non-hydrogen) atoms. The Morgan fingerprint density at radius 2 is 1.54 bits per heavy atom. The minimum Gasteiger partial charge on any atom is -0.348 e. The molecule has 1 aliphatic heterocycles. The van der Waals surface area contributed by atoms with Crippen molar-refractivity contribution in [3.8, 4) is 0 Å². The van der Waals surface area contributed by atoms with Crippen LogP contribution in [-0.2, 0) is 0 Å². The van der Waals surface area contributed by atoms with Crippen LogP contribution in [0.5, 0.6) is 0 Å². The average Bonchev–Trinajstić information content (AvgIpc) is 3.23. The van der Waals surface area contributed by atoms with Crippen LogP contribution in [-0.4, -0.2) is 33.1 Å². The molecule has 0 aliphatic carbocycles. The van der Waals surface area contributed by atoms with Crippen molar-refractivity contribution in [1.82, 2.24) is 14.9 Å². The Hall–Kier alpha value is -3.05. The van der Waals surface area contributed by atoms with Crippen molar-refractivity contribution >= 4 is 45.1 Å². The molecule has 4 nitrogen and oxygen atoms in total. The Morgan fingerprint density at radius 1 is 0.857 bits per heavy atom. The van der Waals surface area contributed by atoms with Gasteiger partial charge in [-0.15, -0.1) is 0 Å². The van der Waals surface area contributed by atoms with E-state index in [2.05, 4.69) is 45.5 Å². The second-order valence-corrected chi connectivity index (χ2v) is 7.57. The van der Waals surface area contributed by atoms with Crippen LogP contribution in [0.3, 0.4) is 0 Å². The van der Waals surface area contributed by atoms with E-state index >= 15 is 0 Å². The lowest BCUT2D eigenvalue weighted by atomic mass is 9.99. The van der Waals surface area contributed by atoms with E-state index in [1.54, 1.807) is 0 Å². The highest BCUT2D eigenvalue weighted by Crippen LogP contribution is 2.28. The summed E-state index contributed by atoms with van der Waals surface area (Å²) in [4.78, 5) is 11.7. The summed E-state index contributed by atoms with van der Waals surface area (Å²) >= 11 is 5.68. The Bertz CT molecular complexity index is 1160. The van der Waals surface area contributed by atoms with Gasteiger partial charge in [-0.25, -0.2) is 9.97 Å². The van der Waals surface area contributed by atoms with Gasteiger partial charge in [-0.3, -0.25) is 0 Å². The summed E-state index contributed by atoms with van der Waals surface area (Å²) < 4.78 is 0. The molecular formula is C23H20N4S.